The number of rotatable bonds is 3. The van der Waals surface area contributed by atoms with Crippen LogP contribution in [0.2, 0.25) is 0 Å². The topological polar surface area (TPSA) is 74.9 Å². The number of nitrogens with zero attached hydrogens (tertiary/aromatic N) is 3. The molecule has 0 bridgehead atoms. The molecule has 0 aliphatic carbocycles. The minimum absolute atomic E-state index is 0.233. The summed E-state index contributed by atoms with van der Waals surface area (Å²) in [5, 5.41) is 15.8. The van der Waals surface area contributed by atoms with Crippen LogP contribution in [0.4, 0.5) is 10.5 Å². The SMILES string of the molecule is CC(=O)N(/N=C/c1cn(C(=O)O)c2cc(Br)ccc12)c1ccc(C)cc1C. The number of hydrazone groups is 1. The van der Waals surface area contributed by atoms with Crippen molar-refractivity contribution in [2.24, 2.45) is 5.10 Å². The van der Waals surface area contributed by atoms with Gasteiger partial charge in [0, 0.05) is 28.5 Å². The smallest absolute Gasteiger partial charge is 0.416 e. The molecule has 1 aromatic heterocycles. The number of anilines is 1. The van der Waals surface area contributed by atoms with Crippen LogP contribution >= 0.6 is 15.9 Å². The Balaban J connectivity index is 2.08. The highest BCUT2D eigenvalue weighted by atomic mass is 79.9. The van der Waals surface area contributed by atoms with Gasteiger partial charge >= 0.3 is 6.09 Å². The molecule has 0 atom stereocenters. The molecule has 0 aliphatic heterocycles. The first-order chi connectivity index (χ1) is 12.8. The molecule has 3 aromatic rings. The number of amides is 1. The van der Waals surface area contributed by atoms with Gasteiger partial charge in [-0.25, -0.2) is 9.80 Å². The lowest BCUT2D eigenvalue weighted by Gasteiger charge is -2.17. The number of halogens is 1. The maximum absolute atomic E-state index is 12.1. The fourth-order valence-corrected chi connectivity index (χ4v) is 3.31. The molecule has 0 saturated carbocycles. The van der Waals surface area contributed by atoms with Crippen LogP contribution in [0.3, 0.4) is 0 Å². The molecule has 27 heavy (non-hydrogen) atoms. The quantitative estimate of drug-likeness (QED) is 0.475. The van der Waals surface area contributed by atoms with Gasteiger partial charge in [-0.15, -0.1) is 0 Å². The van der Waals surface area contributed by atoms with Crippen molar-refractivity contribution in [3.63, 3.8) is 0 Å². The molecule has 1 heterocycles. The van der Waals surface area contributed by atoms with Gasteiger partial charge in [-0.1, -0.05) is 39.7 Å². The zero-order chi connectivity index (χ0) is 19.7. The van der Waals surface area contributed by atoms with Gasteiger partial charge in [0.15, 0.2) is 0 Å². The third kappa shape index (κ3) is 3.78. The number of carboxylic acid groups (broad SMARTS) is 1. The van der Waals surface area contributed by atoms with Crippen LogP contribution in [0.25, 0.3) is 10.9 Å². The molecule has 7 heteroatoms. The van der Waals surface area contributed by atoms with Crippen LogP contribution in [0.5, 0.6) is 0 Å². The molecule has 1 N–H and O–H groups in total. The van der Waals surface area contributed by atoms with Crippen LogP contribution in [-0.4, -0.2) is 27.9 Å². The van der Waals surface area contributed by atoms with Gasteiger partial charge in [0.1, 0.15) is 0 Å². The van der Waals surface area contributed by atoms with Gasteiger partial charge < -0.3 is 5.11 Å². The summed E-state index contributed by atoms with van der Waals surface area (Å²) in [6, 6.07) is 11.1. The van der Waals surface area contributed by atoms with Crippen LogP contribution in [0, 0.1) is 13.8 Å². The Bertz CT molecular complexity index is 1090. The lowest BCUT2D eigenvalue weighted by molar-refractivity contribution is -0.116. The second-order valence-electron chi connectivity index (χ2n) is 6.26. The molecular weight excluding hydrogens is 410 g/mol. The molecular formula is C20H18BrN3O3. The zero-order valence-corrected chi connectivity index (χ0v) is 16.7. The summed E-state index contributed by atoms with van der Waals surface area (Å²) >= 11 is 3.36. The highest BCUT2D eigenvalue weighted by molar-refractivity contribution is 9.10. The summed E-state index contributed by atoms with van der Waals surface area (Å²) in [6.07, 6.45) is 1.91. The van der Waals surface area contributed by atoms with Crippen LogP contribution in [0.1, 0.15) is 23.6 Å². The maximum atomic E-state index is 12.1. The Kier molecular flexibility index (Phi) is 5.14. The fraction of sp³-hybridized carbons (Fsp3) is 0.150. The Morgan fingerprint density at radius 3 is 2.56 bits per heavy atom. The first kappa shape index (κ1) is 18.8. The van der Waals surface area contributed by atoms with Gasteiger partial charge in [-0.2, -0.15) is 5.10 Å². The van der Waals surface area contributed by atoms with E-state index in [1.54, 1.807) is 6.07 Å². The van der Waals surface area contributed by atoms with Crippen molar-refractivity contribution < 1.29 is 14.7 Å². The van der Waals surface area contributed by atoms with E-state index in [9.17, 15) is 14.7 Å². The van der Waals surface area contributed by atoms with E-state index in [0.717, 1.165) is 25.6 Å². The Labute approximate surface area is 164 Å². The van der Waals surface area contributed by atoms with E-state index in [1.807, 2.05) is 44.2 Å². The second kappa shape index (κ2) is 7.36. The summed E-state index contributed by atoms with van der Waals surface area (Å²) < 4.78 is 1.91. The predicted molar refractivity (Wildman–Crippen MR) is 110 cm³/mol. The fourth-order valence-electron chi connectivity index (χ4n) is 2.96. The number of carbonyl (C=O) groups is 2. The number of fused-ring (bicyclic) bond motifs is 1. The first-order valence-corrected chi connectivity index (χ1v) is 9.03. The van der Waals surface area contributed by atoms with Crippen LogP contribution in [-0.2, 0) is 4.79 Å². The van der Waals surface area contributed by atoms with Gasteiger partial charge in [0.25, 0.3) is 0 Å². The monoisotopic (exact) mass is 427 g/mol. The van der Waals surface area contributed by atoms with E-state index in [0.29, 0.717) is 16.8 Å². The summed E-state index contributed by atoms with van der Waals surface area (Å²) in [5.74, 6) is -0.233. The number of aryl methyl sites for hydroxylation is 2. The van der Waals surface area contributed by atoms with E-state index in [1.165, 1.54) is 24.3 Å². The van der Waals surface area contributed by atoms with E-state index >= 15 is 0 Å². The molecule has 138 valence electrons. The van der Waals surface area contributed by atoms with Crippen molar-refractivity contribution in [1.29, 1.82) is 0 Å². The van der Waals surface area contributed by atoms with Crippen molar-refractivity contribution in [2.45, 2.75) is 20.8 Å². The van der Waals surface area contributed by atoms with Crippen LogP contribution in [0.15, 0.2) is 52.2 Å². The standard InChI is InChI=1S/C20H18BrN3O3/c1-12-4-7-18(13(2)8-12)24(14(3)25)22-10-15-11-23(20(26)27)19-9-16(21)5-6-17(15)19/h4-11H,1-3H3,(H,26,27)/b22-10+. The number of aromatic nitrogens is 1. The second-order valence-corrected chi connectivity index (χ2v) is 7.18. The summed E-state index contributed by atoms with van der Waals surface area (Å²) in [6.45, 7) is 5.34. The predicted octanol–water partition coefficient (Wildman–Crippen LogP) is 4.93. The normalized spacial score (nSPS) is 11.3. The molecule has 2 aromatic carbocycles. The molecule has 0 saturated heterocycles. The Morgan fingerprint density at radius 2 is 1.93 bits per heavy atom. The number of hydrogen-bond acceptors (Lipinski definition) is 3. The van der Waals surface area contributed by atoms with Gasteiger partial charge in [0.05, 0.1) is 17.4 Å². The lowest BCUT2D eigenvalue weighted by atomic mass is 10.1. The van der Waals surface area contributed by atoms with Gasteiger partial charge in [-0.05, 0) is 37.6 Å². The van der Waals surface area contributed by atoms with Crippen molar-refractivity contribution >= 4 is 50.7 Å². The van der Waals surface area contributed by atoms with Crippen molar-refractivity contribution in [3.05, 3.63) is 63.8 Å². The number of carbonyl (C=O) groups excluding carboxylic acids is 1. The summed E-state index contributed by atoms with van der Waals surface area (Å²) in [5.41, 5.74) is 3.86. The minimum atomic E-state index is -1.09. The average Bonchev–Trinajstić information content (AvgIpc) is 2.94. The molecule has 3 rings (SSSR count). The average molecular weight is 428 g/mol. The highest BCUT2D eigenvalue weighted by Crippen LogP contribution is 2.25. The molecule has 6 nitrogen and oxygen atoms in total. The van der Waals surface area contributed by atoms with Gasteiger partial charge in [-0.3, -0.25) is 9.36 Å². The largest absolute Gasteiger partial charge is 0.464 e. The Morgan fingerprint density at radius 1 is 1.19 bits per heavy atom. The molecule has 0 spiro atoms. The van der Waals surface area contributed by atoms with Crippen molar-refractivity contribution in [1.82, 2.24) is 4.57 Å². The van der Waals surface area contributed by atoms with E-state index in [-0.39, 0.29) is 5.91 Å². The highest BCUT2D eigenvalue weighted by Gasteiger charge is 2.15. The molecule has 0 aliphatic rings. The number of hydrogen-bond donors (Lipinski definition) is 1. The zero-order valence-electron chi connectivity index (χ0n) is 15.1. The van der Waals surface area contributed by atoms with E-state index in [2.05, 4.69) is 21.0 Å². The summed E-state index contributed by atoms with van der Waals surface area (Å²) in [4.78, 5) is 23.7. The van der Waals surface area contributed by atoms with Crippen molar-refractivity contribution in [2.75, 3.05) is 5.01 Å². The Hall–Kier alpha value is -2.93. The summed E-state index contributed by atoms with van der Waals surface area (Å²) in [7, 11) is 0. The molecule has 1 amide bonds. The lowest BCUT2D eigenvalue weighted by Crippen LogP contribution is -2.23. The number of benzene rings is 2. The molecule has 0 unspecified atom stereocenters. The third-order valence-electron chi connectivity index (χ3n) is 4.20. The molecule has 0 fully saturated rings. The maximum Gasteiger partial charge on any atom is 0.416 e. The van der Waals surface area contributed by atoms with E-state index < -0.39 is 6.09 Å². The van der Waals surface area contributed by atoms with Crippen molar-refractivity contribution in [3.8, 4) is 0 Å². The first-order valence-electron chi connectivity index (χ1n) is 8.24. The van der Waals surface area contributed by atoms with E-state index in [4.69, 9.17) is 0 Å². The minimum Gasteiger partial charge on any atom is -0.464 e. The van der Waals surface area contributed by atoms with Crippen LogP contribution < -0.4 is 5.01 Å². The third-order valence-corrected chi connectivity index (χ3v) is 4.69. The molecule has 0 radical (unpaired) electrons. The van der Waals surface area contributed by atoms with Gasteiger partial charge in [0.2, 0.25) is 5.91 Å².